The van der Waals surface area contributed by atoms with Gasteiger partial charge in [-0.1, -0.05) is 0 Å². The Bertz CT molecular complexity index is 338. The van der Waals surface area contributed by atoms with E-state index in [2.05, 4.69) is 4.18 Å². The first kappa shape index (κ1) is 14.5. The van der Waals surface area contributed by atoms with Gasteiger partial charge in [-0.05, 0) is 0 Å². The maximum absolute atomic E-state index is 11.8. The lowest BCUT2D eigenvalue weighted by Crippen LogP contribution is -3.00. The molecule has 0 unspecified atom stereocenters. The van der Waals surface area contributed by atoms with E-state index in [1.807, 2.05) is 5.32 Å². The highest BCUT2D eigenvalue weighted by atomic mass is 35.5. The van der Waals surface area contributed by atoms with Crippen LogP contribution in [0.4, 0.5) is 13.2 Å². The number of alkyl halides is 3. The largest absolute Gasteiger partial charge is 1.00 e. The summed E-state index contributed by atoms with van der Waals surface area (Å²) >= 11 is 0. The standard InChI is InChI=1S/C6H8F3NO3S.ClH/c7-6(8,9)14(11,12)13-5-1-3-10-4-2-5;/h1,10H,2-4H2;1H. The number of nitrogens with two attached hydrogens (primary N) is 1. The maximum atomic E-state index is 11.8. The third-order valence-electron chi connectivity index (χ3n) is 1.61. The average Bonchev–Trinajstić information content (AvgIpc) is 2.03. The Kier molecular flexibility index (Phi) is 4.88. The van der Waals surface area contributed by atoms with Crippen molar-refractivity contribution in [3.8, 4) is 0 Å². The van der Waals surface area contributed by atoms with E-state index in [0.717, 1.165) is 0 Å². The number of rotatable bonds is 2. The summed E-state index contributed by atoms with van der Waals surface area (Å²) in [4.78, 5) is 0. The molecule has 90 valence electrons. The minimum atomic E-state index is -5.48. The zero-order valence-corrected chi connectivity index (χ0v) is 8.99. The number of hydrogen-bond acceptors (Lipinski definition) is 3. The monoisotopic (exact) mass is 267 g/mol. The van der Waals surface area contributed by atoms with Gasteiger partial charge < -0.3 is 21.9 Å². The van der Waals surface area contributed by atoms with Crippen LogP contribution < -0.4 is 17.7 Å². The molecule has 9 heteroatoms. The second-order valence-electron chi connectivity index (χ2n) is 2.72. The molecule has 0 saturated heterocycles. The summed E-state index contributed by atoms with van der Waals surface area (Å²) in [5.74, 6) is -0.134. The van der Waals surface area contributed by atoms with E-state index >= 15 is 0 Å². The summed E-state index contributed by atoms with van der Waals surface area (Å²) in [6.45, 7) is 0.960. The molecule has 1 heterocycles. The van der Waals surface area contributed by atoms with Crippen LogP contribution in [0, 0.1) is 0 Å². The molecule has 0 aromatic heterocycles. The van der Waals surface area contributed by atoms with Crippen molar-refractivity contribution in [3.63, 3.8) is 0 Å². The third-order valence-corrected chi connectivity index (χ3v) is 2.61. The highest BCUT2D eigenvalue weighted by Gasteiger charge is 2.48. The number of quaternary nitrogens is 1. The van der Waals surface area contributed by atoms with E-state index in [1.165, 1.54) is 6.08 Å². The smallest absolute Gasteiger partial charge is 0.534 e. The van der Waals surface area contributed by atoms with Crippen molar-refractivity contribution in [3.05, 3.63) is 11.8 Å². The van der Waals surface area contributed by atoms with Gasteiger partial charge in [-0.15, -0.1) is 0 Å². The predicted octanol–water partition coefficient (Wildman–Crippen LogP) is -3.29. The summed E-state index contributed by atoms with van der Waals surface area (Å²) < 4.78 is 60.5. The van der Waals surface area contributed by atoms with Gasteiger partial charge in [0.2, 0.25) is 0 Å². The SMILES string of the molecule is O=S(=O)(OC1=CC[NH2+]CC1)C(F)(F)F.[Cl-]. The van der Waals surface area contributed by atoms with Crippen LogP contribution in [0.15, 0.2) is 11.8 Å². The summed E-state index contributed by atoms with van der Waals surface area (Å²) in [7, 11) is -5.48. The lowest BCUT2D eigenvalue weighted by Gasteiger charge is -2.14. The molecule has 2 N–H and O–H groups in total. The van der Waals surface area contributed by atoms with Gasteiger partial charge in [-0.25, -0.2) is 0 Å². The minimum Gasteiger partial charge on any atom is -1.00 e. The quantitative estimate of drug-likeness (QED) is 0.421. The molecule has 0 aromatic carbocycles. The summed E-state index contributed by atoms with van der Waals surface area (Å²) in [5, 5.41) is 1.83. The Labute approximate surface area is 91.0 Å². The van der Waals surface area contributed by atoms with Crippen molar-refractivity contribution in [1.29, 1.82) is 0 Å². The van der Waals surface area contributed by atoms with E-state index < -0.39 is 15.6 Å². The van der Waals surface area contributed by atoms with Gasteiger partial charge in [0, 0.05) is 6.08 Å². The minimum absolute atomic E-state index is 0. The number of halogens is 4. The van der Waals surface area contributed by atoms with Crippen LogP contribution in [-0.4, -0.2) is 27.0 Å². The van der Waals surface area contributed by atoms with Gasteiger partial charge in [0.1, 0.15) is 5.76 Å². The third kappa shape index (κ3) is 3.88. The first-order valence-corrected chi connectivity index (χ1v) is 5.25. The fraction of sp³-hybridized carbons (Fsp3) is 0.667. The Morgan fingerprint density at radius 2 is 2.00 bits per heavy atom. The van der Waals surface area contributed by atoms with Crippen molar-refractivity contribution in [2.45, 2.75) is 11.9 Å². The molecule has 0 amide bonds. The van der Waals surface area contributed by atoms with Crippen molar-refractivity contribution in [2.24, 2.45) is 0 Å². The summed E-state index contributed by atoms with van der Waals surface area (Å²) in [6.07, 6.45) is 1.52. The fourth-order valence-electron chi connectivity index (χ4n) is 0.943. The molecule has 4 nitrogen and oxygen atoms in total. The normalized spacial score (nSPS) is 17.7. The van der Waals surface area contributed by atoms with E-state index in [0.29, 0.717) is 13.1 Å². The van der Waals surface area contributed by atoms with Crippen molar-refractivity contribution in [1.82, 2.24) is 0 Å². The molecule has 1 aliphatic heterocycles. The summed E-state index contributed by atoms with van der Waals surface area (Å²) in [5.41, 5.74) is -5.35. The molecule has 0 spiro atoms. The second kappa shape index (κ2) is 5.04. The topological polar surface area (TPSA) is 60.0 Å². The molecular formula is C6H9ClF3NO3S. The molecule has 0 saturated carbocycles. The molecule has 0 aliphatic carbocycles. The molecule has 1 aliphatic rings. The first-order chi connectivity index (χ1) is 6.33. The highest BCUT2D eigenvalue weighted by molar-refractivity contribution is 7.87. The molecule has 15 heavy (non-hydrogen) atoms. The van der Waals surface area contributed by atoms with E-state index in [-0.39, 0.29) is 24.6 Å². The molecule has 0 radical (unpaired) electrons. The summed E-state index contributed by atoms with van der Waals surface area (Å²) in [6, 6.07) is 0. The van der Waals surface area contributed by atoms with E-state index in [9.17, 15) is 21.6 Å². The van der Waals surface area contributed by atoms with Gasteiger partial charge in [-0.3, -0.25) is 0 Å². The van der Waals surface area contributed by atoms with Gasteiger partial charge in [-0.2, -0.15) is 21.6 Å². The van der Waals surface area contributed by atoms with Gasteiger partial charge in [0.15, 0.2) is 0 Å². The van der Waals surface area contributed by atoms with Crippen LogP contribution in [0.25, 0.3) is 0 Å². The Hall–Kier alpha value is -0.470. The van der Waals surface area contributed by atoms with Crippen LogP contribution in [0.3, 0.4) is 0 Å². The van der Waals surface area contributed by atoms with Crippen LogP contribution >= 0.6 is 0 Å². The number of hydrogen-bond donors (Lipinski definition) is 1. The molecule has 0 aromatic rings. The second-order valence-corrected chi connectivity index (χ2v) is 4.25. The van der Waals surface area contributed by atoms with Crippen molar-refractivity contribution in [2.75, 3.05) is 13.1 Å². The highest BCUT2D eigenvalue weighted by Crippen LogP contribution is 2.27. The van der Waals surface area contributed by atoms with E-state index in [4.69, 9.17) is 0 Å². The Morgan fingerprint density at radius 1 is 1.40 bits per heavy atom. The lowest BCUT2D eigenvalue weighted by atomic mass is 10.3. The molecule has 1 rings (SSSR count). The first-order valence-electron chi connectivity index (χ1n) is 3.84. The predicted molar refractivity (Wildman–Crippen MR) is 40.4 cm³/mol. The van der Waals surface area contributed by atoms with Crippen LogP contribution in [0.1, 0.15) is 6.42 Å². The van der Waals surface area contributed by atoms with E-state index in [1.54, 1.807) is 0 Å². The fourth-order valence-corrected chi connectivity index (χ4v) is 1.47. The lowest BCUT2D eigenvalue weighted by molar-refractivity contribution is -0.648. The maximum Gasteiger partial charge on any atom is 0.534 e. The molecule has 0 fully saturated rings. The van der Waals surface area contributed by atoms with Crippen LogP contribution in [0.2, 0.25) is 0 Å². The Balaban J connectivity index is 0.00000196. The van der Waals surface area contributed by atoms with Crippen molar-refractivity contribution < 1.29 is 43.5 Å². The molecular weight excluding hydrogens is 259 g/mol. The zero-order valence-electron chi connectivity index (χ0n) is 7.42. The molecule has 0 atom stereocenters. The van der Waals surface area contributed by atoms with Crippen LogP contribution in [0.5, 0.6) is 0 Å². The molecule has 0 bridgehead atoms. The zero-order chi connectivity index (χ0) is 10.8. The Morgan fingerprint density at radius 3 is 2.40 bits per heavy atom. The van der Waals surface area contributed by atoms with Gasteiger partial charge in [0.25, 0.3) is 0 Å². The van der Waals surface area contributed by atoms with Crippen LogP contribution in [-0.2, 0) is 14.3 Å². The average molecular weight is 268 g/mol. The van der Waals surface area contributed by atoms with Gasteiger partial charge in [0.05, 0.1) is 19.5 Å². The van der Waals surface area contributed by atoms with Gasteiger partial charge >= 0.3 is 15.6 Å². The van der Waals surface area contributed by atoms with Crippen molar-refractivity contribution >= 4 is 10.1 Å².